The fourth-order valence-electron chi connectivity index (χ4n) is 2.83. The second-order valence-corrected chi connectivity index (χ2v) is 6.62. The van der Waals surface area contributed by atoms with Crippen molar-refractivity contribution in [3.05, 3.63) is 78.3 Å². The average Bonchev–Trinajstić information content (AvgIpc) is 3.02. The second-order valence-electron chi connectivity index (χ2n) is 6.62. The zero-order chi connectivity index (χ0) is 21.0. The summed E-state index contributed by atoms with van der Waals surface area (Å²) < 4.78 is 29.0. The van der Waals surface area contributed by atoms with Gasteiger partial charge in [-0.15, -0.1) is 0 Å². The van der Waals surface area contributed by atoms with Crippen molar-refractivity contribution in [2.75, 3.05) is 16.0 Å². The molecule has 0 radical (unpaired) electrons. The molecule has 0 unspecified atom stereocenters. The highest BCUT2D eigenvalue weighted by Gasteiger charge is 2.19. The minimum atomic E-state index is -0.404. The smallest absolute Gasteiger partial charge is 0.209 e. The third-order valence-electron chi connectivity index (χ3n) is 4.12. The van der Waals surface area contributed by atoms with E-state index in [0.29, 0.717) is 29.0 Å². The number of hydrogen-bond donors (Lipinski definition) is 4. The number of para-hydroxylation sites is 1. The molecule has 3 rings (SSSR count). The summed E-state index contributed by atoms with van der Waals surface area (Å²) >= 11 is 0. The second kappa shape index (κ2) is 8.55. The molecule has 0 aliphatic carbocycles. The van der Waals surface area contributed by atoms with Gasteiger partial charge < -0.3 is 21.4 Å². The Hall–Kier alpha value is -3.68. The number of hydrogen-bond acceptors (Lipinski definition) is 5. The molecule has 0 amide bonds. The van der Waals surface area contributed by atoms with Gasteiger partial charge in [0.25, 0.3) is 0 Å². The number of benzene rings is 2. The number of imidazole rings is 1. The minimum absolute atomic E-state index is 0.0494. The molecular weight excluding hydrogens is 374 g/mol. The van der Waals surface area contributed by atoms with Crippen LogP contribution < -0.4 is 16.0 Å². The summed E-state index contributed by atoms with van der Waals surface area (Å²) in [6, 6.07) is 12.1. The summed E-state index contributed by atoms with van der Waals surface area (Å²) in [5.41, 5.74) is 1.30. The number of anilines is 4. The van der Waals surface area contributed by atoms with Crippen LogP contribution in [0, 0.1) is 17.0 Å². The molecule has 0 saturated carbocycles. The van der Waals surface area contributed by atoms with Gasteiger partial charge in [0.05, 0.1) is 5.69 Å². The topological polar surface area (TPSA) is 77.8 Å². The van der Waals surface area contributed by atoms with E-state index in [4.69, 9.17) is 5.41 Å². The van der Waals surface area contributed by atoms with Gasteiger partial charge in [0.2, 0.25) is 5.95 Å². The van der Waals surface area contributed by atoms with Crippen molar-refractivity contribution >= 4 is 29.4 Å². The Bertz CT molecular complexity index is 1020. The lowest BCUT2D eigenvalue weighted by Gasteiger charge is -2.19. The van der Waals surface area contributed by atoms with Gasteiger partial charge in [0.15, 0.2) is 0 Å². The Balaban J connectivity index is 1.90. The fraction of sp³-hybridized carbons (Fsp3) is 0.143. The summed E-state index contributed by atoms with van der Waals surface area (Å²) in [6.07, 6.45) is 1.11. The van der Waals surface area contributed by atoms with Crippen LogP contribution >= 0.6 is 0 Å². The average molecular weight is 396 g/mol. The number of aromatic nitrogens is 2. The first-order valence-corrected chi connectivity index (χ1v) is 9.01. The third kappa shape index (κ3) is 4.60. The number of rotatable bonds is 8. The van der Waals surface area contributed by atoms with Gasteiger partial charge in [-0.3, -0.25) is 4.57 Å². The first-order chi connectivity index (χ1) is 13.9. The molecule has 0 aliphatic rings. The van der Waals surface area contributed by atoms with E-state index in [0.717, 1.165) is 6.21 Å². The van der Waals surface area contributed by atoms with Crippen LogP contribution in [0.4, 0.5) is 31.9 Å². The van der Waals surface area contributed by atoms with Crippen LogP contribution in [-0.4, -0.2) is 15.8 Å². The van der Waals surface area contributed by atoms with E-state index in [1.807, 2.05) is 18.4 Å². The van der Waals surface area contributed by atoms with Crippen molar-refractivity contribution < 1.29 is 8.78 Å². The lowest BCUT2D eigenvalue weighted by Crippen LogP contribution is -2.15. The zero-order valence-corrected chi connectivity index (χ0v) is 16.1. The highest BCUT2D eigenvalue weighted by Crippen LogP contribution is 2.29. The summed E-state index contributed by atoms with van der Waals surface area (Å²) in [6.45, 7) is 7.83. The predicted octanol–water partition coefficient (Wildman–Crippen LogP) is 5.48. The molecule has 0 bridgehead atoms. The van der Waals surface area contributed by atoms with Gasteiger partial charge >= 0.3 is 0 Å². The van der Waals surface area contributed by atoms with Crippen molar-refractivity contribution in [1.82, 2.24) is 9.55 Å². The maximum Gasteiger partial charge on any atom is 0.209 e. The van der Waals surface area contributed by atoms with Gasteiger partial charge in [-0.25, -0.2) is 13.8 Å². The molecule has 6 nitrogen and oxygen atoms in total. The molecule has 0 aliphatic heterocycles. The first-order valence-electron chi connectivity index (χ1n) is 9.01. The summed E-state index contributed by atoms with van der Waals surface area (Å²) in [5, 5.41) is 16.8. The molecule has 4 N–H and O–H groups in total. The van der Waals surface area contributed by atoms with Gasteiger partial charge in [-0.05, 0) is 50.2 Å². The SMILES string of the molecule is C=C(Nc1ccc(F)cc1)Nc1c(C=N)nc(Nc2ccccc2F)n1C(C)C. The summed E-state index contributed by atoms with van der Waals surface area (Å²) in [5.74, 6) is 0.592. The van der Waals surface area contributed by atoms with E-state index in [9.17, 15) is 8.78 Å². The quantitative estimate of drug-likeness (QED) is 0.380. The van der Waals surface area contributed by atoms with Crippen molar-refractivity contribution in [3.63, 3.8) is 0 Å². The fourth-order valence-corrected chi connectivity index (χ4v) is 2.83. The van der Waals surface area contributed by atoms with Crippen LogP contribution in [0.3, 0.4) is 0 Å². The van der Waals surface area contributed by atoms with E-state index in [1.165, 1.54) is 18.2 Å². The molecule has 0 atom stereocenters. The lowest BCUT2D eigenvalue weighted by atomic mass is 10.3. The normalized spacial score (nSPS) is 10.7. The molecule has 2 aromatic carbocycles. The minimum Gasteiger partial charge on any atom is -0.342 e. The van der Waals surface area contributed by atoms with Gasteiger partial charge in [-0.2, -0.15) is 0 Å². The number of nitrogens with one attached hydrogen (secondary N) is 4. The van der Waals surface area contributed by atoms with E-state index in [-0.39, 0.29) is 17.5 Å². The molecule has 1 aromatic heterocycles. The molecular formula is C21H22F2N6. The molecule has 3 aromatic rings. The van der Waals surface area contributed by atoms with E-state index in [1.54, 1.807) is 30.3 Å². The molecule has 0 saturated heterocycles. The Morgan fingerprint density at radius 3 is 2.41 bits per heavy atom. The van der Waals surface area contributed by atoms with Crippen LogP contribution in [-0.2, 0) is 0 Å². The van der Waals surface area contributed by atoms with Gasteiger partial charge in [0.1, 0.15) is 29.0 Å². The molecule has 0 fully saturated rings. The third-order valence-corrected chi connectivity index (χ3v) is 4.12. The Kier molecular flexibility index (Phi) is 5.92. The number of nitrogens with zero attached hydrogens (tertiary/aromatic N) is 2. The van der Waals surface area contributed by atoms with Crippen LogP contribution in [0.5, 0.6) is 0 Å². The van der Waals surface area contributed by atoms with Crippen LogP contribution in [0.2, 0.25) is 0 Å². The highest BCUT2D eigenvalue weighted by atomic mass is 19.1. The van der Waals surface area contributed by atoms with Crippen molar-refractivity contribution in [2.24, 2.45) is 0 Å². The number of halogens is 2. The lowest BCUT2D eigenvalue weighted by molar-refractivity contribution is 0.610. The molecule has 1 heterocycles. The van der Waals surface area contributed by atoms with Gasteiger partial charge in [0, 0.05) is 17.9 Å². The molecule has 150 valence electrons. The standard InChI is InChI=1S/C21H22F2N6/c1-13(2)29-20(26-14(3)25-16-10-8-15(22)9-11-16)19(12-24)28-21(29)27-18-7-5-4-6-17(18)23/h4-13,24-26H,3H2,1-2H3,(H,27,28). The largest absolute Gasteiger partial charge is 0.342 e. The summed E-state index contributed by atoms with van der Waals surface area (Å²) in [4.78, 5) is 4.42. The van der Waals surface area contributed by atoms with Crippen molar-refractivity contribution in [3.8, 4) is 0 Å². The van der Waals surface area contributed by atoms with Crippen molar-refractivity contribution in [2.45, 2.75) is 19.9 Å². The summed E-state index contributed by atoms with van der Waals surface area (Å²) in [7, 11) is 0. The maximum absolute atomic E-state index is 14.1. The van der Waals surface area contributed by atoms with E-state index >= 15 is 0 Å². The Morgan fingerprint density at radius 2 is 1.79 bits per heavy atom. The maximum atomic E-state index is 14.1. The van der Waals surface area contributed by atoms with Crippen molar-refractivity contribution in [1.29, 1.82) is 5.41 Å². The van der Waals surface area contributed by atoms with Crippen LogP contribution in [0.1, 0.15) is 25.6 Å². The first kappa shape index (κ1) is 20.1. The zero-order valence-electron chi connectivity index (χ0n) is 16.1. The predicted molar refractivity (Wildman–Crippen MR) is 113 cm³/mol. The molecule has 29 heavy (non-hydrogen) atoms. The Labute approximate surface area is 167 Å². The molecule has 8 heteroatoms. The molecule has 0 spiro atoms. The van der Waals surface area contributed by atoms with E-state index < -0.39 is 5.82 Å². The Morgan fingerprint density at radius 1 is 1.10 bits per heavy atom. The van der Waals surface area contributed by atoms with Crippen LogP contribution in [0.15, 0.2) is 60.9 Å². The monoisotopic (exact) mass is 396 g/mol. The highest BCUT2D eigenvalue weighted by molar-refractivity contribution is 5.84. The van der Waals surface area contributed by atoms with E-state index in [2.05, 4.69) is 27.5 Å². The van der Waals surface area contributed by atoms with Crippen LogP contribution in [0.25, 0.3) is 0 Å². The van der Waals surface area contributed by atoms with Gasteiger partial charge in [-0.1, -0.05) is 18.7 Å².